The smallest absolute Gasteiger partial charge is 0.178 e. The molecule has 1 heterocycles. The first kappa shape index (κ1) is 13.5. The van der Waals surface area contributed by atoms with E-state index >= 15 is 0 Å². The number of rotatable bonds is 3. The zero-order valence-corrected chi connectivity index (χ0v) is 12.1. The predicted molar refractivity (Wildman–Crippen MR) is 75.4 cm³/mol. The molecule has 98 valence electrons. The fourth-order valence-corrected chi connectivity index (χ4v) is 2.72. The highest BCUT2D eigenvalue weighted by Gasteiger charge is 2.14. The van der Waals surface area contributed by atoms with Crippen LogP contribution in [-0.4, -0.2) is 35.1 Å². The summed E-state index contributed by atoms with van der Waals surface area (Å²) in [5.74, 6) is -0.427. The van der Waals surface area contributed by atoms with E-state index in [1.807, 2.05) is 18.7 Å². The van der Waals surface area contributed by atoms with Crippen molar-refractivity contribution in [1.82, 2.24) is 14.5 Å². The van der Waals surface area contributed by atoms with Crippen LogP contribution in [0.4, 0.5) is 4.39 Å². The molecule has 1 aromatic carbocycles. The number of likely N-dealkylation sites (N-methyl/N-ethyl adjacent to an activating group) is 1. The van der Waals surface area contributed by atoms with E-state index in [0.29, 0.717) is 4.77 Å². The molecule has 0 amide bonds. The van der Waals surface area contributed by atoms with Crippen LogP contribution in [0.25, 0.3) is 11.0 Å². The zero-order chi connectivity index (χ0) is 13.4. The number of H-pyrrole nitrogens is 1. The molecule has 0 saturated carbocycles. The van der Waals surface area contributed by atoms with Gasteiger partial charge in [-0.05, 0) is 39.3 Å². The summed E-state index contributed by atoms with van der Waals surface area (Å²) in [5.41, 5.74) is 1.51. The predicted octanol–water partition coefficient (Wildman–Crippen LogP) is 3.61. The highest BCUT2D eigenvalue weighted by molar-refractivity contribution is 7.71. The van der Waals surface area contributed by atoms with Gasteiger partial charge in [0.2, 0.25) is 0 Å². The molecule has 18 heavy (non-hydrogen) atoms. The van der Waals surface area contributed by atoms with Crippen LogP contribution in [-0.2, 0) is 0 Å². The summed E-state index contributed by atoms with van der Waals surface area (Å²) in [5, 5.41) is 0.103. The first-order valence-corrected chi connectivity index (χ1v) is 6.42. The first-order valence-electron chi connectivity index (χ1n) is 5.64. The van der Waals surface area contributed by atoms with Crippen molar-refractivity contribution in [2.75, 3.05) is 20.6 Å². The van der Waals surface area contributed by atoms with Crippen LogP contribution in [0.1, 0.15) is 13.0 Å². The molecule has 2 aromatic rings. The number of aromatic amines is 1. The minimum absolute atomic E-state index is 0.103. The van der Waals surface area contributed by atoms with Crippen molar-refractivity contribution in [2.45, 2.75) is 13.0 Å². The fraction of sp³-hybridized carbons (Fsp3) is 0.417. The number of nitrogens with zero attached hydrogens (tertiary/aromatic N) is 2. The van der Waals surface area contributed by atoms with E-state index in [4.69, 9.17) is 23.8 Å². The highest BCUT2D eigenvalue weighted by atomic mass is 35.5. The second-order valence-corrected chi connectivity index (χ2v) is 5.49. The summed E-state index contributed by atoms with van der Waals surface area (Å²) in [4.78, 5) is 5.12. The molecule has 1 atom stereocenters. The number of hydrogen-bond acceptors (Lipinski definition) is 2. The number of fused-ring (bicyclic) bond motifs is 1. The lowest BCUT2D eigenvalue weighted by Gasteiger charge is -2.19. The van der Waals surface area contributed by atoms with Crippen molar-refractivity contribution in [3.05, 3.63) is 27.7 Å². The molecule has 0 saturated heterocycles. The Hall–Kier alpha value is -0.910. The van der Waals surface area contributed by atoms with Crippen LogP contribution in [0.2, 0.25) is 5.02 Å². The van der Waals surface area contributed by atoms with E-state index in [0.717, 1.165) is 17.6 Å². The molecule has 2 rings (SSSR count). The van der Waals surface area contributed by atoms with Gasteiger partial charge in [-0.2, -0.15) is 0 Å². The first-order chi connectivity index (χ1) is 8.40. The van der Waals surface area contributed by atoms with E-state index in [9.17, 15) is 4.39 Å². The minimum atomic E-state index is -0.427. The van der Waals surface area contributed by atoms with Crippen molar-refractivity contribution in [3.63, 3.8) is 0 Å². The Bertz CT molecular complexity index is 632. The Balaban J connectivity index is 2.60. The maximum Gasteiger partial charge on any atom is 0.178 e. The van der Waals surface area contributed by atoms with Crippen LogP contribution >= 0.6 is 23.8 Å². The van der Waals surface area contributed by atoms with Crippen molar-refractivity contribution >= 4 is 34.9 Å². The Kier molecular flexibility index (Phi) is 3.75. The second-order valence-electron chi connectivity index (χ2n) is 4.69. The van der Waals surface area contributed by atoms with Crippen LogP contribution in [0, 0.1) is 10.6 Å². The average Bonchev–Trinajstić information content (AvgIpc) is 2.53. The summed E-state index contributed by atoms with van der Waals surface area (Å²) >= 11 is 11.1. The van der Waals surface area contributed by atoms with Gasteiger partial charge in [0.15, 0.2) is 4.77 Å². The van der Waals surface area contributed by atoms with E-state index in [-0.39, 0.29) is 11.1 Å². The number of nitrogens with one attached hydrogen (secondary N) is 1. The third-order valence-corrected chi connectivity index (χ3v) is 3.42. The van der Waals surface area contributed by atoms with Gasteiger partial charge < -0.3 is 14.5 Å². The molecule has 6 heteroatoms. The molecule has 1 unspecified atom stereocenters. The SMILES string of the molecule is CC(CN(C)C)n1c(=S)[nH]c2cc(Cl)c(F)cc21. The zero-order valence-electron chi connectivity index (χ0n) is 10.5. The maximum atomic E-state index is 13.6. The molecule has 0 spiro atoms. The van der Waals surface area contributed by atoms with E-state index in [2.05, 4.69) is 16.8 Å². The van der Waals surface area contributed by atoms with Gasteiger partial charge >= 0.3 is 0 Å². The molecule has 0 aliphatic rings. The lowest BCUT2D eigenvalue weighted by molar-refractivity contribution is 0.339. The van der Waals surface area contributed by atoms with Crippen molar-refractivity contribution < 1.29 is 4.39 Å². The lowest BCUT2D eigenvalue weighted by Crippen LogP contribution is -2.22. The monoisotopic (exact) mass is 287 g/mol. The van der Waals surface area contributed by atoms with Gasteiger partial charge in [0.25, 0.3) is 0 Å². The Labute approximate surface area is 115 Å². The van der Waals surface area contributed by atoms with Crippen LogP contribution in [0.15, 0.2) is 12.1 Å². The molecule has 1 N–H and O–H groups in total. The van der Waals surface area contributed by atoms with Gasteiger partial charge in [0.1, 0.15) is 5.82 Å². The minimum Gasteiger partial charge on any atom is -0.331 e. The van der Waals surface area contributed by atoms with Gasteiger partial charge in [0.05, 0.1) is 16.1 Å². The summed E-state index contributed by atoms with van der Waals surface area (Å²) in [6, 6.07) is 3.15. The highest BCUT2D eigenvalue weighted by Crippen LogP contribution is 2.25. The normalized spacial score (nSPS) is 13.4. The summed E-state index contributed by atoms with van der Waals surface area (Å²) < 4.78 is 16.1. The topological polar surface area (TPSA) is 24.0 Å². The molecule has 0 aliphatic heterocycles. The third-order valence-electron chi connectivity index (χ3n) is 2.83. The molecule has 0 radical (unpaired) electrons. The molecule has 0 bridgehead atoms. The Morgan fingerprint density at radius 1 is 1.50 bits per heavy atom. The van der Waals surface area contributed by atoms with Crippen LogP contribution in [0.5, 0.6) is 0 Å². The Morgan fingerprint density at radius 3 is 2.78 bits per heavy atom. The summed E-state index contributed by atoms with van der Waals surface area (Å²) in [6.45, 7) is 2.88. The largest absolute Gasteiger partial charge is 0.331 e. The molecular weight excluding hydrogens is 273 g/mol. The van der Waals surface area contributed by atoms with Crippen molar-refractivity contribution in [2.24, 2.45) is 0 Å². The summed E-state index contributed by atoms with van der Waals surface area (Å²) in [6.07, 6.45) is 0. The van der Waals surface area contributed by atoms with Crippen molar-refractivity contribution in [3.8, 4) is 0 Å². The van der Waals surface area contributed by atoms with Gasteiger partial charge in [-0.1, -0.05) is 11.6 Å². The maximum absolute atomic E-state index is 13.6. The summed E-state index contributed by atoms with van der Waals surface area (Å²) in [7, 11) is 3.98. The number of benzene rings is 1. The van der Waals surface area contributed by atoms with Gasteiger partial charge in [-0.3, -0.25) is 0 Å². The molecule has 0 aliphatic carbocycles. The average molecular weight is 288 g/mol. The molecule has 3 nitrogen and oxygen atoms in total. The fourth-order valence-electron chi connectivity index (χ4n) is 2.17. The molecule has 0 fully saturated rings. The van der Waals surface area contributed by atoms with Crippen LogP contribution in [0.3, 0.4) is 0 Å². The van der Waals surface area contributed by atoms with Crippen LogP contribution < -0.4 is 0 Å². The van der Waals surface area contributed by atoms with E-state index in [1.165, 1.54) is 6.07 Å². The third kappa shape index (κ3) is 2.43. The van der Waals surface area contributed by atoms with Crippen molar-refractivity contribution in [1.29, 1.82) is 0 Å². The lowest BCUT2D eigenvalue weighted by atomic mass is 10.2. The Morgan fingerprint density at radius 2 is 2.17 bits per heavy atom. The van der Waals surface area contributed by atoms with E-state index in [1.54, 1.807) is 6.07 Å². The van der Waals surface area contributed by atoms with Gasteiger partial charge in [0, 0.05) is 18.7 Å². The van der Waals surface area contributed by atoms with E-state index < -0.39 is 5.82 Å². The number of hydrogen-bond donors (Lipinski definition) is 1. The number of aromatic nitrogens is 2. The quantitative estimate of drug-likeness (QED) is 0.872. The molecule has 1 aromatic heterocycles. The van der Waals surface area contributed by atoms with Gasteiger partial charge in [-0.15, -0.1) is 0 Å². The number of halogens is 2. The number of imidazole rings is 1. The van der Waals surface area contributed by atoms with Gasteiger partial charge in [-0.25, -0.2) is 4.39 Å². The standard InChI is InChI=1S/C12H15ClFN3S/c1-7(6-16(2)3)17-11-5-9(14)8(13)4-10(11)15-12(17)18/h4-5,7H,6H2,1-3H3,(H,15,18). The second kappa shape index (κ2) is 4.99. The molecular formula is C12H15ClFN3S.